The van der Waals surface area contributed by atoms with E-state index in [1.54, 1.807) is 31.5 Å². The van der Waals surface area contributed by atoms with Crippen LogP contribution in [0.4, 0.5) is 4.39 Å². The van der Waals surface area contributed by atoms with Gasteiger partial charge in [0.15, 0.2) is 0 Å². The Hall–Kier alpha value is -2.01. The van der Waals surface area contributed by atoms with Gasteiger partial charge in [0.2, 0.25) is 0 Å². The van der Waals surface area contributed by atoms with E-state index in [0.29, 0.717) is 11.3 Å². The summed E-state index contributed by atoms with van der Waals surface area (Å²) in [6.07, 6.45) is 4.49. The van der Waals surface area contributed by atoms with Gasteiger partial charge in [-0.25, -0.2) is 14.4 Å². The van der Waals surface area contributed by atoms with Crippen molar-refractivity contribution in [3.63, 3.8) is 0 Å². The minimum Gasteiger partial charge on any atom is -0.424 e. The fourth-order valence-corrected chi connectivity index (χ4v) is 1.64. The van der Waals surface area contributed by atoms with Crippen molar-refractivity contribution in [1.29, 1.82) is 0 Å². The fourth-order valence-electron chi connectivity index (χ4n) is 1.64. The molecule has 4 nitrogen and oxygen atoms in total. The van der Waals surface area contributed by atoms with E-state index in [4.69, 9.17) is 4.74 Å². The molecule has 1 heterocycles. The van der Waals surface area contributed by atoms with E-state index in [2.05, 4.69) is 22.2 Å². The average Bonchev–Trinajstić information content (AvgIpc) is 2.45. The summed E-state index contributed by atoms with van der Waals surface area (Å²) in [5, 5.41) is 3.26. The Bertz CT molecular complexity index is 558. The monoisotopic (exact) mass is 275 g/mol. The second-order valence-electron chi connectivity index (χ2n) is 4.56. The first-order chi connectivity index (χ1) is 9.69. The molecule has 0 aliphatic heterocycles. The van der Waals surface area contributed by atoms with Crippen LogP contribution in [0.15, 0.2) is 30.6 Å². The van der Waals surface area contributed by atoms with Crippen LogP contribution in [0.5, 0.6) is 11.8 Å². The summed E-state index contributed by atoms with van der Waals surface area (Å²) in [6, 6.07) is 4.90. The van der Waals surface area contributed by atoms with Gasteiger partial charge in [0.25, 0.3) is 0 Å². The molecule has 1 aromatic heterocycles. The zero-order chi connectivity index (χ0) is 14.4. The van der Waals surface area contributed by atoms with Gasteiger partial charge in [0.05, 0.1) is 0 Å². The Morgan fingerprint density at radius 2 is 2.00 bits per heavy atom. The average molecular weight is 275 g/mol. The minimum absolute atomic E-state index is 0.215. The Morgan fingerprint density at radius 3 is 2.65 bits per heavy atom. The first-order valence-electron chi connectivity index (χ1n) is 6.64. The summed E-state index contributed by atoms with van der Waals surface area (Å²) in [5.74, 6) is 0.0906. The van der Waals surface area contributed by atoms with Crippen LogP contribution >= 0.6 is 0 Å². The Kier molecular flexibility index (Phi) is 5.01. The van der Waals surface area contributed by atoms with E-state index in [9.17, 15) is 4.39 Å². The number of rotatable bonds is 6. The molecule has 0 aliphatic carbocycles. The summed E-state index contributed by atoms with van der Waals surface area (Å²) < 4.78 is 18.8. The Balaban J connectivity index is 1.97. The Morgan fingerprint density at radius 1 is 1.25 bits per heavy atom. The van der Waals surface area contributed by atoms with Crippen LogP contribution in [0, 0.1) is 12.7 Å². The normalized spacial score (nSPS) is 10.6. The van der Waals surface area contributed by atoms with Gasteiger partial charge in [-0.1, -0.05) is 13.0 Å². The molecule has 0 amide bonds. The predicted octanol–water partition coefficient (Wildman–Crippen LogP) is 3.22. The van der Waals surface area contributed by atoms with Crippen molar-refractivity contribution in [3.05, 3.63) is 47.5 Å². The molecule has 0 saturated carbocycles. The quantitative estimate of drug-likeness (QED) is 0.822. The van der Waals surface area contributed by atoms with Crippen LogP contribution < -0.4 is 10.1 Å². The second kappa shape index (κ2) is 6.96. The highest BCUT2D eigenvalue weighted by Crippen LogP contribution is 2.20. The first kappa shape index (κ1) is 14.4. The molecule has 2 aromatic rings. The van der Waals surface area contributed by atoms with Gasteiger partial charge in [0.1, 0.15) is 11.6 Å². The van der Waals surface area contributed by atoms with Gasteiger partial charge in [0, 0.05) is 30.6 Å². The summed E-state index contributed by atoms with van der Waals surface area (Å²) in [4.78, 5) is 8.22. The Labute approximate surface area is 118 Å². The molecule has 0 atom stereocenters. The molecule has 1 N–H and O–H groups in total. The zero-order valence-corrected chi connectivity index (χ0v) is 11.7. The molecule has 0 aliphatic rings. The summed E-state index contributed by atoms with van der Waals surface area (Å²) in [6.45, 7) is 5.50. The molecule has 2 rings (SSSR count). The summed E-state index contributed by atoms with van der Waals surface area (Å²) in [7, 11) is 0. The highest BCUT2D eigenvalue weighted by atomic mass is 19.1. The smallest absolute Gasteiger partial charge is 0.321 e. The highest BCUT2D eigenvalue weighted by molar-refractivity contribution is 5.29. The van der Waals surface area contributed by atoms with Crippen molar-refractivity contribution in [2.45, 2.75) is 26.8 Å². The molecule has 0 unspecified atom stereocenters. The van der Waals surface area contributed by atoms with Gasteiger partial charge in [-0.15, -0.1) is 0 Å². The second-order valence-corrected chi connectivity index (χ2v) is 4.56. The van der Waals surface area contributed by atoms with Gasteiger partial charge in [-0.2, -0.15) is 0 Å². The predicted molar refractivity (Wildman–Crippen MR) is 75.2 cm³/mol. The molecule has 1 aromatic carbocycles. The van der Waals surface area contributed by atoms with Crippen molar-refractivity contribution in [2.75, 3.05) is 6.54 Å². The lowest BCUT2D eigenvalue weighted by Gasteiger charge is -2.06. The van der Waals surface area contributed by atoms with Crippen molar-refractivity contribution in [1.82, 2.24) is 15.3 Å². The third-order valence-corrected chi connectivity index (χ3v) is 2.79. The maximum atomic E-state index is 13.4. The van der Waals surface area contributed by atoms with E-state index in [1.807, 2.05) is 0 Å². The van der Waals surface area contributed by atoms with Crippen LogP contribution in [-0.2, 0) is 6.54 Å². The number of hydrogen-bond donors (Lipinski definition) is 1. The molecular weight excluding hydrogens is 257 g/mol. The molecule has 0 bridgehead atoms. The lowest BCUT2D eigenvalue weighted by atomic mass is 10.2. The number of ether oxygens (including phenoxy) is 1. The number of nitrogens with zero attached hydrogens (tertiary/aromatic N) is 2. The topological polar surface area (TPSA) is 47.0 Å². The van der Waals surface area contributed by atoms with Gasteiger partial charge in [-0.05, 0) is 31.5 Å². The minimum atomic E-state index is -0.303. The summed E-state index contributed by atoms with van der Waals surface area (Å²) >= 11 is 0. The van der Waals surface area contributed by atoms with Crippen LogP contribution in [0.25, 0.3) is 0 Å². The van der Waals surface area contributed by atoms with Crippen molar-refractivity contribution in [3.8, 4) is 11.8 Å². The third-order valence-electron chi connectivity index (χ3n) is 2.79. The lowest BCUT2D eigenvalue weighted by molar-refractivity contribution is 0.436. The number of hydrogen-bond acceptors (Lipinski definition) is 4. The molecule has 0 spiro atoms. The maximum absolute atomic E-state index is 13.4. The molecular formula is C15H18FN3O. The van der Waals surface area contributed by atoms with E-state index in [1.165, 1.54) is 6.07 Å². The number of halogens is 1. The van der Waals surface area contributed by atoms with Gasteiger partial charge >= 0.3 is 6.01 Å². The molecule has 0 saturated heterocycles. The van der Waals surface area contributed by atoms with Crippen molar-refractivity contribution < 1.29 is 9.13 Å². The van der Waals surface area contributed by atoms with Gasteiger partial charge < -0.3 is 10.1 Å². The van der Waals surface area contributed by atoms with Gasteiger partial charge in [-0.3, -0.25) is 0 Å². The van der Waals surface area contributed by atoms with E-state index < -0.39 is 0 Å². The molecule has 0 fully saturated rings. The van der Waals surface area contributed by atoms with Crippen LogP contribution in [0.1, 0.15) is 24.5 Å². The number of nitrogens with one attached hydrogen (secondary N) is 1. The van der Waals surface area contributed by atoms with E-state index in [0.717, 1.165) is 25.1 Å². The number of aromatic nitrogens is 2. The molecule has 20 heavy (non-hydrogen) atoms. The number of benzene rings is 1. The molecule has 106 valence electrons. The third kappa shape index (κ3) is 3.99. The highest BCUT2D eigenvalue weighted by Gasteiger charge is 2.04. The molecule has 5 heteroatoms. The fraction of sp³-hybridized carbons (Fsp3) is 0.333. The first-order valence-corrected chi connectivity index (χ1v) is 6.64. The van der Waals surface area contributed by atoms with Crippen LogP contribution in [-0.4, -0.2) is 16.5 Å². The van der Waals surface area contributed by atoms with Crippen molar-refractivity contribution >= 4 is 0 Å². The van der Waals surface area contributed by atoms with Crippen molar-refractivity contribution in [2.24, 2.45) is 0 Å². The summed E-state index contributed by atoms with van der Waals surface area (Å²) in [5.41, 5.74) is 1.57. The zero-order valence-electron chi connectivity index (χ0n) is 11.7. The van der Waals surface area contributed by atoms with Crippen LogP contribution in [0.2, 0.25) is 0 Å². The maximum Gasteiger partial charge on any atom is 0.321 e. The largest absolute Gasteiger partial charge is 0.424 e. The standard InChI is InChI=1S/C15H18FN3O/c1-3-6-17-8-12-9-18-15(19-10-12)20-13-5-4-11(2)14(16)7-13/h4-5,7,9-10,17H,3,6,8H2,1-2H3. The lowest BCUT2D eigenvalue weighted by Crippen LogP contribution is -2.14. The SMILES string of the molecule is CCCNCc1cnc(Oc2ccc(C)c(F)c2)nc1. The number of aryl methyl sites for hydroxylation is 1. The van der Waals surface area contributed by atoms with E-state index in [-0.39, 0.29) is 11.8 Å². The molecule has 0 radical (unpaired) electrons. The van der Waals surface area contributed by atoms with E-state index >= 15 is 0 Å². The van der Waals surface area contributed by atoms with Crippen LogP contribution in [0.3, 0.4) is 0 Å².